The fraction of sp³-hybridized carbons (Fsp3) is 0.211. The Morgan fingerprint density at radius 3 is 2.96 bits per heavy atom. The molecule has 0 saturated heterocycles. The van der Waals surface area contributed by atoms with Crippen LogP contribution >= 0.6 is 0 Å². The molecule has 0 aliphatic heterocycles. The van der Waals surface area contributed by atoms with Crippen LogP contribution in [0.3, 0.4) is 0 Å². The number of hydrogen-bond acceptors (Lipinski definition) is 4. The van der Waals surface area contributed by atoms with E-state index in [2.05, 4.69) is 35.2 Å². The van der Waals surface area contributed by atoms with E-state index >= 15 is 0 Å². The minimum atomic E-state index is -1.00. The summed E-state index contributed by atoms with van der Waals surface area (Å²) in [4.78, 5) is 15.4. The van der Waals surface area contributed by atoms with Crippen LogP contribution in [0.4, 0.5) is 0 Å². The number of aromatic carboxylic acids is 1. The summed E-state index contributed by atoms with van der Waals surface area (Å²) in [5.41, 5.74) is 3.93. The van der Waals surface area contributed by atoms with Crippen molar-refractivity contribution in [1.29, 1.82) is 0 Å². The first-order valence-electron chi connectivity index (χ1n) is 8.11. The Morgan fingerprint density at radius 1 is 1.24 bits per heavy atom. The molecule has 3 aromatic rings. The molecule has 1 aromatic carbocycles. The van der Waals surface area contributed by atoms with Gasteiger partial charge in [0.2, 0.25) is 5.88 Å². The first-order valence-corrected chi connectivity index (χ1v) is 8.11. The maximum Gasteiger partial charge on any atom is 0.335 e. The van der Waals surface area contributed by atoms with Crippen molar-refractivity contribution in [3.63, 3.8) is 0 Å². The summed E-state index contributed by atoms with van der Waals surface area (Å²) in [7, 11) is 0. The van der Waals surface area contributed by atoms with Crippen LogP contribution in [0.25, 0.3) is 5.82 Å². The molecule has 0 fully saturated rings. The average molecular weight is 335 g/mol. The fourth-order valence-electron chi connectivity index (χ4n) is 3.20. The van der Waals surface area contributed by atoms with E-state index in [1.807, 2.05) is 0 Å². The van der Waals surface area contributed by atoms with Gasteiger partial charge in [-0.15, -0.1) is 0 Å². The van der Waals surface area contributed by atoms with Gasteiger partial charge in [0.1, 0.15) is 6.10 Å². The lowest BCUT2D eigenvalue weighted by Gasteiger charge is -2.16. The molecule has 1 aliphatic rings. The van der Waals surface area contributed by atoms with Crippen molar-refractivity contribution >= 4 is 5.97 Å². The maximum absolute atomic E-state index is 11.2. The van der Waals surface area contributed by atoms with Gasteiger partial charge in [0.05, 0.1) is 11.8 Å². The molecular formula is C19H17N3O3. The van der Waals surface area contributed by atoms with Gasteiger partial charge in [-0.05, 0) is 43.0 Å². The Labute approximate surface area is 144 Å². The van der Waals surface area contributed by atoms with Crippen LogP contribution in [0.2, 0.25) is 0 Å². The third-order valence-corrected chi connectivity index (χ3v) is 4.40. The number of hydrogen-bond donors (Lipinski definition) is 1. The van der Waals surface area contributed by atoms with E-state index in [1.165, 1.54) is 39.7 Å². The lowest BCUT2D eigenvalue weighted by atomic mass is 10.1. The first-order chi connectivity index (χ1) is 12.1. The monoisotopic (exact) mass is 335 g/mol. The standard InChI is InChI=1S/C19H17N3O3/c1-12-2-4-15-13(10-12)3-5-16(15)25-18-7-9-21-22(18)17-11-14(19(23)24)6-8-20-17/h2,4,6-11,16H,3,5H2,1H3,(H,23,24). The number of ether oxygens (including phenoxy) is 1. The van der Waals surface area contributed by atoms with Gasteiger partial charge in [-0.2, -0.15) is 9.78 Å². The Bertz CT molecular complexity index is 949. The number of carboxylic acid groups (broad SMARTS) is 1. The third-order valence-electron chi connectivity index (χ3n) is 4.40. The van der Waals surface area contributed by atoms with Crippen LogP contribution in [-0.2, 0) is 6.42 Å². The van der Waals surface area contributed by atoms with Crippen LogP contribution in [0.15, 0.2) is 48.8 Å². The van der Waals surface area contributed by atoms with E-state index in [4.69, 9.17) is 9.84 Å². The maximum atomic E-state index is 11.2. The summed E-state index contributed by atoms with van der Waals surface area (Å²) < 4.78 is 7.71. The first kappa shape index (κ1) is 15.4. The van der Waals surface area contributed by atoms with E-state index < -0.39 is 5.97 Å². The summed E-state index contributed by atoms with van der Waals surface area (Å²) in [5, 5.41) is 13.4. The predicted molar refractivity (Wildman–Crippen MR) is 91.2 cm³/mol. The highest BCUT2D eigenvalue weighted by Crippen LogP contribution is 2.35. The van der Waals surface area contributed by atoms with Crippen molar-refractivity contribution in [3.8, 4) is 11.7 Å². The van der Waals surface area contributed by atoms with Crippen LogP contribution in [0.1, 0.15) is 39.6 Å². The molecule has 1 N–H and O–H groups in total. The van der Waals surface area contributed by atoms with Crippen LogP contribution in [-0.4, -0.2) is 25.8 Å². The number of aromatic nitrogens is 3. The van der Waals surface area contributed by atoms with E-state index in [-0.39, 0.29) is 11.7 Å². The topological polar surface area (TPSA) is 77.2 Å². The molecule has 0 radical (unpaired) electrons. The van der Waals surface area contributed by atoms with E-state index in [9.17, 15) is 4.79 Å². The lowest BCUT2D eigenvalue weighted by Crippen LogP contribution is -2.09. The Balaban J connectivity index is 1.64. The van der Waals surface area contributed by atoms with Crippen molar-refractivity contribution in [2.75, 3.05) is 0 Å². The van der Waals surface area contributed by atoms with Crippen LogP contribution in [0, 0.1) is 6.92 Å². The van der Waals surface area contributed by atoms with Crippen LogP contribution < -0.4 is 4.74 Å². The summed E-state index contributed by atoms with van der Waals surface area (Å²) in [5.74, 6) is -0.0335. The molecule has 126 valence electrons. The van der Waals surface area contributed by atoms with E-state index in [0.29, 0.717) is 11.7 Å². The van der Waals surface area contributed by atoms with Gasteiger partial charge in [-0.1, -0.05) is 23.8 Å². The molecule has 0 amide bonds. The largest absolute Gasteiger partial charge is 0.478 e. The number of carboxylic acids is 1. The van der Waals surface area contributed by atoms with Crippen molar-refractivity contribution < 1.29 is 14.6 Å². The van der Waals surface area contributed by atoms with Crippen molar-refractivity contribution in [3.05, 3.63) is 71.0 Å². The molecule has 6 nitrogen and oxygen atoms in total. The van der Waals surface area contributed by atoms with Crippen molar-refractivity contribution in [1.82, 2.24) is 14.8 Å². The molecule has 4 rings (SSSR count). The molecule has 0 saturated carbocycles. The van der Waals surface area contributed by atoms with Crippen molar-refractivity contribution in [2.45, 2.75) is 25.9 Å². The zero-order valence-corrected chi connectivity index (χ0v) is 13.7. The minimum Gasteiger partial charge on any atom is -0.478 e. The average Bonchev–Trinajstić information content (AvgIpc) is 3.22. The van der Waals surface area contributed by atoms with Gasteiger partial charge in [-0.3, -0.25) is 0 Å². The van der Waals surface area contributed by atoms with Gasteiger partial charge >= 0.3 is 5.97 Å². The number of aryl methyl sites for hydroxylation is 2. The highest BCUT2D eigenvalue weighted by molar-refractivity contribution is 5.87. The summed E-state index contributed by atoms with van der Waals surface area (Å²) in [6.45, 7) is 2.09. The zero-order chi connectivity index (χ0) is 17.4. The van der Waals surface area contributed by atoms with Gasteiger partial charge in [0.25, 0.3) is 0 Å². The fourth-order valence-corrected chi connectivity index (χ4v) is 3.20. The quantitative estimate of drug-likeness (QED) is 0.791. The molecule has 1 unspecified atom stereocenters. The minimum absolute atomic E-state index is 0.0336. The summed E-state index contributed by atoms with van der Waals surface area (Å²) in [6, 6.07) is 11.1. The number of rotatable bonds is 4. The molecule has 2 aromatic heterocycles. The number of nitrogens with zero attached hydrogens (tertiary/aromatic N) is 3. The van der Waals surface area contributed by atoms with E-state index in [0.717, 1.165) is 12.8 Å². The Kier molecular flexibility index (Phi) is 3.72. The normalized spacial score (nSPS) is 15.8. The SMILES string of the molecule is Cc1ccc2c(c1)CCC2Oc1ccnn1-c1cc(C(=O)O)ccn1. The Hall–Kier alpha value is -3.15. The molecule has 1 aliphatic carbocycles. The number of benzene rings is 1. The summed E-state index contributed by atoms with van der Waals surface area (Å²) in [6.07, 6.45) is 4.94. The summed E-state index contributed by atoms with van der Waals surface area (Å²) >= 11 is 0. The van der Waals surface area contributed by atoms with Gasteiger partial charge in [0, 0.05) is 12.3 Å². The van der Waals surface area contributed by atoms with E-state index in [1.54, 1.807) is 12.3 Å². The van der Waals surface area contributed by atoms with Crippen molar-refractivity contribution in [2.24, 2.45) is 0 Å². The molecule has 0 bridgehead atoms. The smallest absolute Gasteiger partial charge is 0.335 e. The van der Waals surface area contributed by atoms with Gasteiger partial charge < -0.3 is 9.84 Å². The van der Waals surface area contributed by atoms with Gasteiger partial charge in [0.15, 0.2) is 5.82 Å². The second kappa shape index (κ2) is 6.05. The predicted octanol–water partition coefficient (Wildman–Crippen LogP) is 3.34. The Morgan fingerprint density at radius 2 is 2.12 bits per heavy atom. The number of carbonyl (C=O) groups is 1. The molecule has 2 heterocycles. The second-order valence-electron chi connectivity index (χ2n) is 6.14. The highest BCUT2D eigenvalue weighted by Gasteiger charge is 2.25. The molecule has 0 spiro atoms. The lowest BCUT2D eigenvalue weighted by molar-refractivity contribution is 0.0696. The second-order valence-corrected chi connectivity index (χ2v) is 6.14. The number of pyridine rings is 1. The zero-order valence-electron chi connectivity index (χ0n) is 13.7. The molecule has 25 heavy (non-hydrogen) atoms. The molecule has 6 heteroatoms. The third kappa shape index (κ3) is 2.87. The number of fused-ring (bicyclic) bond motifs is 1. The van der Waals surface area contributed by atoms with Gasteiger partial charge in [-0.25, -0.2) is 9.78 Å². The molecule has 1 atom stereocenters. The van der Waals surface area contributed by atoms with Crippen LogP contribution in [0.5, 0.6) is 5.88 Å². The highest BCUT2D eigenvalue weighted by atomic mass is 16.5. The molecular weight excluding hydrogens is 318 g/mol.